The van der Waals surface area contributed by atoms with Gasteiger partial charge >= 0.3 is 0 Å². The topological polar surface area (TPSA) is 44.7 Å². The Morgan fingerprint density at radius 1 is 1.35 bits per heavy atom. The highest BCUT2D eigenvalue weighted by Crippen LogP contribution is 2.24. The monoisotopic (exact) mass is 284 g/mol. The van der Waals surface area contributed by atoms with Gasteiger partial charge in [-0.3, -0.25) is 0 Å². The van der Waals surface area contributed by atoms with Gasteiger partial charge in [0.15, 0.2) is 0 Å². The number of nitrogens with zero attached hydrogens (tertiary/aromatic N) is 1. The molecule has 4 heteroatoms. The summed E-state index contributed by atoms with van der Waals surface area (Å²) in [4.78, 5) is 2.51. The van der Waals surface area contributed by atoms with Crippen molar-refractivity contribution in [2.75, 3.05) is 32.8 Å². The number of aliphatic hydroxyl groups is 1. The molecule has 4 nitrogen and oxygen atoms in total. The van der Waals surface area contributed by atoms with E-state index < -0.39 is 0 Å². The molecule has 20 heavy (non-hydrogen) atoms. The van der Waals surface area contributed by atoms with Crippen molar-refractivity contribution in [1.29, 1.82) is 0 Å². The van der Waals surface area contributed by atoms with Gasteiger partial charge in [-0.1, -0.05) is 6.92 Å². The van der Waals surface area contributed by atoms with Crippen molar-refractivity contribution in [2.45, 2.75) is 70.1 Å². The first kappa shape index (κ1) is 16.2. The lowest BCUT2D eigenvalue weighted by Crippen LogP contribution is -2.50. The Balaban J connectivity index is 1.71. The Hall–Kier alpha value is -0.160. The number of likely N-dealkylation sites (tertiary alicyclic amines) is 1. The number of nitrogens with one attached hydrogen (secondary N) is 1. The van der Waals surface area contributed by atoms with Crippen LogP contribution in [-0.2, 0) is 4.74 Å². The molecule has 2 atom stereocenters. The van der Waals surface area contributed by atoms with Gasteiger partial charge in [0.05, 0.1) is 12.7 Å². The van der Waals surface area contributed by atoms with Gasteiger partial charge in [0.2, 0.25) is 0 Å². The normalized spacial score (nSPS) is 27.4. The Labute approximate surface area is 123 Å². The maximum absolute atomic E-state index is 9.65. The van der Waals surface area contributed by atoms with Gasteiger partial charge < -0.3 is 20.1 Å². The second kappa shape index (κ2) is 7.74. The highest BCUT2D eigenvalue weighted by atomic mass is 16.5. The molecule has 1 saturated heterocycles. The van der Waals surface area contributed by atoms with Crippen LogP contribution in [0.1, 0.15) is 52.4 Å². The molecule has 0 spiro atoms. The van der Waals surface area contributed by atoms with Gasteiger partial charge in [0.1, 0.15) is 0 Å². The summed E-state index contributed by atoms with van der Waals surface area (Å²) in [5, 5.41) is 13.2. The maximum Gasteiger partial charge on any atom is 0.0702 e. The molecule has 1 saturated carbocycles. The summed E-state index contributed by atoms with van der Waals surface area (Å²) in [7, 11) is 0. The molecule has 1 aliphatic carbocycles. The van der Waals surface area contributed by atoms with Crippen molar-refractivity contribution >= 4 is 0 Å². The molecule has 2 unspecified atom stereocenters. The average Bonchev–Trinajstić information content (AvgIpc) is 3.27. The van der Waals surface area contributed by atoms with E-state index in [1.807, 2.05) is 0 Å². The van der Waals surface area contributed by atoms with Gasteiger partial charge in [-0.25, -0.2) is 0 Å². The summed E-state index contributed by atoms with van der Waals surface area (Å²) in [5.41, 5.74) is -0.113. The smallest absolute Gasteiger partial charge is 0.0702 e. The summed E-state index contributed by atoms with van der Waals surface area (Å²) < 4.78 is 5.89. The number of piperidine rings is 1. The van der Waals surface area contributed by atoms with Crippen molar-refractivity contribution in [2.24, 2.45) is 0 Å². The molecular formula is C16H32N2O2. The fourth-order valence-corrected chi connectivity index (χ4v) is 2.96. The Kier molecular flexibility index (Phi) is 6.27. The number of aliphatic hydroxyl groups excluding tert-OH is 1. The SMILES string of the molecule is CCCOC1CCCN(CCC(C)(CO)NC2CC2)C1. The zero-order valence-electron chi connectivity index (χ0n) is 13.2. The molecule has 2 aliphatic rings. The number of hydrogen-bond donors (Lipinski definition) is 2. The van der Waals surface area contributed by atoms with E-state index >= 15 is 0 Å². The van der Waals surface area contributed by atoms with Crippen LogP contribution in [-0.4, -0.2) is 60.5 Å². The van der Waals surface area contributed by atoms with Crippen LogP contribution >= 0.6 is 0 Å². The largest absolute Gasteiger partial charge is 0.394 e. The first-order valence-corrected chi connectivity index (χ1v) is 8.38. The molecule has 0 aromatic rings. The Bertz CT molecular complexity index is 284. The summed E-state index contributed by atoms with van der Waals surface area (Å²) >= 11 is 0. The molecule has 0 radical (unpaired) electrons. The quantitative estimate of drug-likeness (QED) is 0.677. The van der Waals surface area contributed by atoms with Crippen LogP contribution in [0.5, 0.6) is 0 Å². The highest BCUT2D eigenvalue weighted by molar-refractivity contribution is 4.93. The summed E-state index contributed by atoms with van der Waals surface area (Å²) in [6, 6.07) is 0.647. The molecule has 118 valence electrons. The predicted octanol–water partition coefficient (Wildman–Crippen LogP) is 1.77. The Morgan fingerprint density at radius 2 is 2.15 bits per heavy atom. The minimum atomic E-state index is -0.113. The van der Waals surface area contributed by atoms with Crippen molar-refractivity contribution in [3.8, 4) is 0 Å². The second-order valence-electron chi connectivity index (χ2n) is 6.82. The van der Waals surface area contributed by atoms with E-state index in [0.717, 1.165) is 32.5 Å². The fraction of sp³-hybridized carbons (Fsp3) is 1.00. The minimum absolute atomic E-state index is 0.113. The van der Waals surface area contributed by atoms with Crippen LogP contribution < -0.4 is 5.32 Å². The zero-order valence-corrected chi connectivity index (χ0v) is 13.2. The molecule has 0 aromatic carbocycles. The van der Waals surface area contributed by atoms with Gasteiger partial charge in [0.25, 0.3) is 0 Å². The van der Waals surface area contributed by atoms with E-state index in [-0.39, 0.29) is 12.1 Å². The van der Waals surface area contributed by atoms with Crippen molar-refractivity contribution in [3.05, 3.63) is 0 Å². The average molecular weight is 284 g/mol. The molecule has 2 rings (SSSR count). The van der Waals surface area contributed by atoms with E-state index in [4.69, 9.17) is 4.74 Å². The van der Waals surface area contributed by atoms with Crippen LogP contribution in [0.15, 0.2) is 0 Å². The maximum atomic E-state index is 9.65. The van der Waals surface area contributed by atoms with Crippen LogP contribution in [0.4, 0.5) is 0 Å². The van der Waals surface area contributed by atoms with Gasteiger partial charge in [-0.05, 0) is 52.0 Å². The van der Waals surface area contributed by atoms with Crippen LogP contribution in [0.2, 0.25) is 0 Å². The van der Waals surface area contributed by atoms with Crippen molar-refractivity contribution < 1.29 is 9.84 Å². The summed E-state index contributed by atoms with van der Waals surface area (Å²) in [5.74, 6) is 0. The van der Waals surface area contributed by atoms with Crippen molar-refractivity contribution in [1.82, 2.24) is 10.2 Å². The zero-order chi connectivity index (χ0) is 14.4. The van der Waals surface area contributed by atoms with Gasteiger partial charge in [0, 0.05) is 31.3 Å². The van der Waals surface area contributed by atoms with E-state index in [0.29, 0.717) is 12.1 Å². The molecule has 1 heterocycles. The summed E-state index contributed by atoms with van der Waals surface area (Å²) in [6.07, 6.45) is 7.51. The fourth-order valence-electron chi connectivity index (χ4n) is 2.96. The van der Waals surface area contributed by atoms with Crippen LogP contribution in [0, 0.1) is 0 Å². The molecule has 2 N–H and O–H groups in total. The molecule has 1 aliphatic heterocycles. The lowest BCUT2D eigenvalue weighted by Gasteiger charge is -2.36. The van der Waals surface area contributed by atoms with Gasteiger partial charge in [-0.15, -0.1) is 0 Å². The predicted molar refractivity (Wildman–Crippen MR) is 82.0 cm³/mol. The van der Waals surface area contributed by atoms with Crippen LogP contribution in [0.3, 0.4) is 0 Å². The lowest BCUT2D eigenvalue weighted by atomic mass is 9.97. The first-order valence-electron chi connectivity index (χ1n) is 8.38. The molecule has 0 aromatic heterocycles. The number of hydrogen-bond acceptors (Lipinski definition) is 4. The molecule has 2 fully saturated rings. The molecule has 0 amide bonds. The summed E-state index contributed by atoms with van der Waals surface area (Å²) in [6.45, 7) is 8.73. The lowest BCUT2D eigenvalue weighted by molar-refractivity contribution is -0.00301. The number of ether oxygens (including phenoxy) is 1. The Morgan fingerprint density at radius 3 is 2.80 bits per heavy atom. The molecule has 0 bridgehead atoms. The highest BCUT2D eigenvalue weighted by Gasteiger charge is 2.32. The second-order valence-corrected chi connectivity index (χ2v) is 6.82. The van der Waals surface area contributed by atoms with Crippen molar-refractivity contribution in [3.63, 3.8) is 0 Å². The van der Waals surface area contributed by atoms with E-state index in [9.17, 15) is 5.11 Å². The third-order valence-electron chi connectivity index (χ3n) is 4.48. The molecular weight excluding hydrogens is 252 g/mol. The first-order chi connectivity index (χ1) is 9.65. The van der Waals surface area contributed by atoms with E-state index in [1.165, 1.54) is 32.2 Å². The van der Waals surface area contributed by atoms with Crippen LogP contribution in [0.25, 0.3) is 0 Å². The van der Waals surface area contributed by atoms with E-state index in [2.05, 4.69) is 24.1 Å². The standard InChI is InChI=1S/C16H32N2O2/c1-3-11-20-15-5-4-9-18(12-15)10-8-16(2,13-19)17-14-6-7-14/h14-15,17,19H,3-13H2,1-2H3. The third-order valence-corrected chi connectivity index (χ3v) is 4.48. The van der Waals surface area contributed by atoms with E-state index in [1.54, 1.807) is 0 Å². The minimum Gasteiger partial charge on any atom is -0.394 e. The number of rotatable bonds is 9. The third kappa shape index (κ3) is 5.32. The van der Waals surface area contributed by atoms with Gasteiger partial charge in [-0.2, -0.15) is 0 Å².